The largest absolute Gasteiger partial charge is 0.534 e. The van der Waals surface area contributed by atoms with Crippen LogP contribution in [0.1, 0.15) is 57.0 Å². The third-order valence-corrected chi connectivity index (χ3v) is 18.2. The number of para-hydroxylation sites is 1. The van der Waals surface area contributed by atoms with E-state index in [0.29, 0.717) is 62.5 Å². The quantitative estimate of drug-likeness (QED) is 0.0147. The van der Waals surface area contributed by atoms with Crippen LogP contribution in [0.2, 0.25) is 13.6 Å². The molecule has 4 aliphatic rings. The van der Waals surface area contributed by atoms with E-state index in [1.54, 1.807) is 19.0 Å². The van der Waals surface area contributed by atoms with Gasteiger partial charge in [-0.2, -0.15) is 64.8 Å². The van der Waals surface area contributed by atoms with E-state index in [2.05, 4.69) is 21.1 Å². The Balaban J connectivity index is 0.000000581. The minimum atomic E-state index is -6.81. The minimum absolute atomic E-state index is 0. The Bertz CT molecular complexity index is 3550. The zero-order chi connectivity index (χ0) is 71.0. The maximum absolute atomic E-state index is 12.4. The molecule has 2 radical (unpaired) electrons. The van der Waals surface area contributed by atoms with E-state index in [0.717, 1.165) is 86.2 Å². The molecule has 0 spiro atoms. The number of rotatable bonds is 16. The first-order valence-corrected chi connectivity index (χ1v) is 31.9. The number of anilines is 2. The van der Waals surface area contributed by atoms with Crippen molar-refractivity contribution in [3.63, 3.8) is 0 Å². The molecule has 6 N–H and O–H groups in total. The van der Waals surface area contributed by atoms with Crippen LogP contribution in [0.5, 0.6) is 0 Å². The number of ketones is 1. The van der Waals surface area contributed by atoms with Crippen LogP contribution in [0, 0.1) is 20.2 Å². The Morgan fingerprint density at radius 3 is 1.58 bits per heavy atom. The van der Waals surface area contributed by atoms with Crippen LogP contribution in [-0.4, -0.2) is 198 Å². The fourth-order valence-electron chi connectivity index (χ4n) is 8.63. The smallest absolute Gasteiger partial charge is 0.437 e. The molecule has 0 bridgehead atoms. The van der Waals surface area contributed by atoms with Gasteiger partial charge in [0.1, 0.15) is 11.5 Å². The normalized spacial score (nSPS) is 16.0. The van der Waals surface area contributed by atoms with Crippen molar-refractivity contribution in [1.82, 2.24) is 19.2 Å². The summed E-state index contributed by atoms with van der Waals surface area (Å²) >= 11 is 0. The summed E-state index contributed by atoms with van der Waals surface area (Å²) in [5.74, 6) is 0.631. The average Bonchev–Trinajstić information content (AvgIpc) is 0.743. The topological polar surface area (TPSA) is 372 Å². The number of nitrogens with two attached hydrogens (primary N) is 1. The van der Waals surface area contributed by atoms with Crippen LogP contribution in [0.3, 0.4) is 0 Å². The second kappa shape index (κ2) is 38.4. The Labute approximate surface area is 558 Å². The van der Waals surface area contributed by atoms with Crippen LogP contribution < -0.4 is 14.9 Å². The van der Waals surface area contributed by atoms with Crippen LogP contribution in [0.25, 0.3) is 5.57 Å². The summed E-state index contributed by atoms with van der Waals surface area (Å²) < 4.78 is 179. The molecule has 44 heteroatoms. The van der Waals surface area contributed by atoms with Gasteiger partial charge in [-0.3, -0.25) is 25.0 Å². The first-order chi connectivity index (χ1) is 43.7. The van der Waals surface area contributed by atoms with Crippen molar-refractivity contribution in [2.45, 2.75) is 74.6 Å². The van der Waals surface area contributed by atoms with Crippen molar-refractivity contribution in [3.8, 4) is 0 Å². The molecule has 0 amide bonds. The van der Waals surface area contributed by atoms with E-state index in [9.17, 15) is 109 Å². The van der Waals surface area contributed by atoms with E-state index in [-0.39, 0.29) is 75.9 Å². The average molecular weight is 1500 g/mol. The van der Waals surface area contributed by atoms with Gasteiger partial charge in [-0.25, -0.2) is 0 Å². The molecule has 0 atom stereocenters. The van der Waals surface area contributed by atoms with E-state index >= 15 is 0 Å². The number of nitro groups is 2. The first-order valence-electron chi connectivity index (χ1n) is 27.7. The van der Waals surface area contributed by atoms with Gasteiger partial charge in [0.2, 0.25) is 0 Å². The molecule has 4 aliphatic heterocycles. The molecule has 0 saturated carbocycles. The van der Waals surface area contributed by atoms with Crippen LogP contribution in [-0.2, 0) is 69.2 Å². The molecular weight excluding hydrogens is 1440 g/mol. The number of halogens is 9. The zero-order valence-electron chi connectivity index (χ0n) is 50.1. The molecule has 2 fully saturated rings. The van der Waals surface area contributed by atoms with E-state index in [1.807, 2.05) is 40.7 Å². The number of nitro benzene ring substituents is 2. The number of nitrogens with zero attached hydrogens (tertiary/aromatic N) is 7. The van der Waals surface area contributed by atoms with Crippen LogP contribution >= 0.6 is 0 Å². The fraction of sp³-hybridized carbons (Fsp3) is 0.392. The van der Waals surface area contributed by atoms with Crippen LogP contribution in [0.15, 0.2) is 121 Å². The van der Waals surface area contributed by atoms with Gasteiger partial charge < -0.3 is 58.8 Å². The number of hydrogen-bond donors (Lipinski definition) is 5. The van der Waals surface area contributed by atoms with Crippen molar-refractivity contribution in [2.24, 2.45) is 0 Å². The molecular formula is C51H64B5F9N8O18PdS3. The van der Waals surface area contributed by atoms with Gasteiger partial charge in [-0.1, -0.05) is 60.7 Å². The number of carbonyl (C=O) groups is 3. The number of piperidine rings is 2. The van der Waals surface area contributed by atoms with Crippen molar-refractivity contribution in [1.29, 1.82) is 0 Å². The molecule has 4 aromatic rings. The summed E-state index contributed by atoms with van der Waals surface area (Å²) in [6.45, 7) is 8.72. The van der Waals surface area contributed by atoms with Crippen molar-refractivity contribution < 1.29 is 135 Å². The van der Waals surface area contributed by atoms with Crippen molar-refractivity contribution in [2.75, 3.05) is 61.8 Å². The summed E-state index contributed by atoms with van der Waals surface area (Å²) in [5.41, 5.74) is -9.16. The molecule has 8 rings (SSSR count). The van der Waals surface area contributed by atoms with Gasteiger partial charge in [-0.15, -0.1) is 3.71 Å². The molecule has 0 aliphatic carbocycles. The SMILES string of the molecule is CB(O)N1CC=C(c2cccc([N+](=O)[O-])c2)CC1.CB(O)N1CCC(c2cccc(N)c2)CC1.O=C[B]N1CC=C(OS(=O)(=O)C(F)(F)F)CC1.O=C[B]N1CCC(=O)CC1.O=S(=O)(N(c1ccccc1)S(=O)(=O)C(F)(F)F)C(F)(F)F.O=[N+]([O-])c1cccc(B(O)O)c1.[HH].[Pd]. The number of non-ortho nitro benzene ring substituents is 2. The predicted molar refractivity (Wildman–Crippen MR) is 334 cm³/mol. The number of hydrogen-bond acceptors (Lipinski definition) is 23. The Kier molecular flexibility index (Phi) is 34.2. The van der Waals surface area contributed by atoms with Gasteiger partial charge in [0.05, 0.1) is 27.9 Å². The zero-order valence-corrected chi connectivity index (χ0v) is 54.1. The number of alkyl halides is 9. The van der Waals surface area contributed by atoms with E-state index in [1.165, 1.54) is 55.5 Å². The molecule has 26 nitrogen and oxygen atoms in total. The van der Waals surface area contributed by atoms with E-state index in [4.69, 9.17) is 15.8 Å². The molecule has 2 saturated heterocycles. The predicted octanol–water partition coefficient (Wildman–Crippen LogP) is 4.78. The third-order valence-electron chi connectivity index (χ3n) is 13.6. The van der Waals surface area contributed by atoms with Gasteiger partial charge in [0, 0.05) is 84.2 Å². The number of Topliss-reactive ketones (excluding diaryl/α,β-unsaturated/α-hetero) is 1. The van der Waals surface area contributed by atoms with Crippen LogP contribution in [0.4, 0.5) is 62.3 Å². The third kappa shape index (κ3) is 27.1. The van der Waals surface area contributed by atoms with Gasteiger partial charge >= 0.3 is 67.9 Å². The van der Waals surface area contributed by atoms with Gasteiger partial charge in [0.25, 0.3) is 26.2 Å². The molecule has 4 aromatic carbocycles. The summed E-state index contributed by atoms with van der Waals surface area (Å²) in [6.07, 6.45) is 8.67. The summed E-state index contributed by atoms with van der Waals surface area (Å²) in [4.78, 5) is 58.2. The monoisotopic (exact) mass is 1500 g/mol. The summed E-state index contributed by atoms with van der Waals surface area (Å²) in [7, 11) is -18.9. The van der Waals surface area contributed by atoms with Gasteiger partial charge in [0.15, 0.2) is 0 Å². The van der Waals surface area contributed by atoms with Crippen molar-refractivity contribution >= 4 is 118 Å². The molecule has 0 aromatic heterocycles. The second-order valence-corrected chi connectivity index (χ2v) is 25.6. The first kappa shape index (κ1) is 84.5. The van der Waals surface area contributed by atoms with Crippen molar-refractivity contribution in [3.05, 3.63) is 152 Å². The molecule has 95 heavy (non-hydrogen) atoms. The number of nitrogen functional groups attached to an aromatic ring is 1. The second-order valence-electron chi connectivity index (χ2n) is 20.2. The molecule has 0 unspecified atom stereocenters. The Hall–Kier alpha value is -6.54. The Morgan fingerprint density at radius 2 is 1.14 bits per heavy atom. The van der Waals surface area contributed by atoms with E-state index < -0.39 is 75.2 Å². The maximum Gasteiger partial charge on any atom is 0.534 e. The number of sulfonamides is 2. The maximum atomic E-state index is 12.4. The molecule has 522 valence electrons. The van der Waals surface area contributed by atoms with Gasteiger partial charge in [-0.05, 0) is 131 Å². The summed E-state index contributed by atoms with van der Waals surface area (Å²) in [5, 5.41) is 57.2. The standard InChI is InChI=1S/C12H15BN2O3.C12H19BN2O.C8H5F6NO4S2.C7H8BF3NO4S.C6H6BNO4.C6H9BNO2.Pd.H2/c1-13(16)14-7-5-10(6-8-14)11-3-2-4-12(9-11)15(17)18;1-13(16)15-7-5-10(6-8-15)11-3-2-4-12(14)9-11;9-7(10,11)20(16,17)15(6-4-2-1-3-5-6)21(18,19)8(12,13)14;9-7(10,11)17(14,15)16-6-1-3-12(4-2-6)8-5-13;9-7(10)5-2-1-3-6(4-5)8(11)12;9-5-7-8-3-1-6(10)2-4-8;;/h2-5,9,16H,6-8H2,1H3;2-4,9-10,16H,5-8,14H2,1H3;1-5H;1,5H,2-4H2;1-4,9-10H;5H,1-4H2;;1H. The Morgan fingerprint density at radius 1 is 0.632 bits per heavy atom. The fourth-order valence-corrected chi connectivity index (χ4v) is 11.9. The molecule has 4 heterocycles. The number of benzene rings is 4. The minimum Gasteiger partial charge on any atom is -0.437 e. The summed E-state index contributed by atoms with van der Waals surface area (Å²) in [6, 6.07) is 23.9. The number of carbonyl (C=O) groups excluding carboxylic acids is 3.